The van der Waals surface area contributed by atoms with Gasteiger partial charge in [-0.1, -0.05) is 136 Å². The van der Waals surface area contributed by atoms with Gasteiger partial charge in [0.2, 0.25) is 11.8 Å². The normalized spacial score (nSPS) is 12.0. The zero-order valence-corrected chi connectivity index (χ0v) is 25.3. The molecular formula is C32H62N2O4. The smallest absolute Gasteiger partial charge is 0.326 e. The van der Waals surface area contributed by atoms with Crippen molar-refractivity contribution in [3.63, 3.8) is 0 Å². The molecule has 224 valence electrons. The summed E-state index contributed by atoms with van der Waals surface area (Å²) in [5.41, 5.74) is 0. The van der Waals surface area contributed by atoms with Crippen molar-refractivity contribution < 1.29 is 19.5 Å². The van der Waals surface area contributed by atoms with Crippen LogP contribution in [0.3, 0.4) is 0 Å². The Balaban J connectivity index is 3.68. The van der Waals surface area contributed by atoms with Gasteiger partial charge in [-0.15, -0.1) is 0 Å². The molecule has 6 nitrogen and oxygen atoms in total. The predicted octanol–water partition coefficient (Wildman–Crippen LogP) is 8.32. The van der Waals surface area contributed by atoms with Crippen LogP contribution in [0.25, 0.3) is 0 Å². The Hall–Kier alpha value is -1.59. The van der Waals surface area contributed by atoms with Crippen molar-refractivity contribution in [1.29, 1.82) is 0 Å². The summed E-state index contributed by atoms with van der Waals surface area (Å²) in [6.07, 6.45) is 25.4. The first kappa shape index (κ1) is 36.4. The fraction of sp³-hybridized carbons (Fsp3) is 0.906. The second-order valence-electron chi connectivity index (χ2n) is 11.6. The third-order valence-electron chi connectivity index (χ3n) is 7.33. The summed E-state index contributed by atoms with van der Waals surface area (Å²) >= 11 is 0. The van der Waals surface area contributed by atoms with Gasteiger partial charge in [0.15, 0.2) is 0 Å². The molecule has 0 aliphatic rings. The number of carbonyl (C=O) groups is 3. The summed E-state index contributed by atoms with van der Waals surface area (Å²) < 4.78 is 0. The molecule has 0 heterocycles. The molecule has 0 aromatic heterocycles. The lowest BCUT2D eigenvalue weighted by molar-refractivity contribution is -0.142. The van der Waals surface area contributed by atoms with Crippen molar-refractivity contribution in [2.45, 2.75) is 174 Å². The second-order valence-corrected chi connectivity index (χ2v) is 11.6. The maximum Gasteiger partial charge on any atom is 0.326 e. The van der Waals surface area contributed by atoms with Gasteiger partial charge in [-0.2, -0.15) is 0 Å². The molecule has 2 amide bonds. The van der Waals surface area contributed by atoms with Crippen molar-refractivity contribution >= 4 is 17.8 Å². The fourth-order valence-corrected chi connectivity index (χ4v) is 4.80. The topological polar surface area (TPSA) is 95.5 Å². The van der Waals surface area contributed by atoms with Crippen LogP contribution < -0.4 is 10.6 Å². The number of aliphatic carboxylic acids is 1. The molecule has 0 radical (unpaired) electrons. The van der Waals surface area contributed by atoms with E-state index in [1.165, 1.54) is 96.3 Å². The monoisotopic (exact) mass is 538 g/mol. The number of carboxylic acids is 1. The SMILES string of the molecule is CCCCCCCCCCCCCCCCCC(=O)NC(CCC(=O)NCCCCCCC(C)C)C(=O)O. The molecule has 6 heteroatoms. The average Bonchev–Trinajstić information content (AvgIpc) is 2.87. The van der Waals surface area contributed by atoms with Gasteiger partial charge >= 0.3 is 5.97 Å². The first-order valence-electron chi connectivity index (χ1n) is 16.2. The van der Waals surface area contributed by atoms with Gasteiger partial charge in [0.1, 0.15) is 6.04 Å². The first-order chi connectivity index (χ1) is 18.4. The molecule has 0 aliphatic carbocycles. The second kappa shape index (κ2) is 27.0. The Morgan fingerprint density at radius 1 is 0.579 bits per heavy atom. The van der Waals surface area contributed by atoms with E-state index in [2.05, 4.69) is 31.4 Å². The van der Waals surface area contributed by atoms with E-state index in [-0.39, 0.29) is 24.7 Å². The van der Waals surface area contributed by atoms with Crippen molar-refractivity contribution in [3.8, 4) is 0 Å². The number of amides is 2. The summed E-state index contributed by atoms with van der Waals surface area (Å²) in [4.78, 5) is 35.8. The Labute approximate surface area is 234 Å². The van der Waals surface area contributed by atoms with Crippen LogP contribution in [0.4, 0.5) is 0 Å². The van der Waals surface area contributed by atoms with Gasteiger partial charge in [0.05, 0.1) is 0 Å². The van der Waals surface area contributed by atoms with Crippen LogP contribution in [0.15, 0.2) is 0 Å². The summed E-state index contributed by atoms with van der Waals surface area (Å²) in [5, 5.41) is 14.9. The van der Waals surface area contributed by atoms with Gasteiger partial charge in [-0.25, -0.2) is 4.79 Å². The number of rotatable bonds is 28. The average molecular weight is 539 g/mol. The van der Waals surface area contributed by atoms with Crippen molar-refractivity contribution in [2.75, 3.05) is 6.54 Å². The summed E-state index contributed by atoms with van der Waals surface area (Å²) in [6.45, 7) is 7.35. The van der Waals surface area contributed by atoms with Crippen LogP contribution in [0.2, 0.25) is 0 Å². The highest BCUT2D eigenvalue weighted by molar-refractivity contribution is 5.84. The molecule has 0 aliphatic heterocycles. The number of carbonyl (C=O) groups excluding carboxylic acids is 2. The molecule has 0 saturated carbocycles. The van der Waals surface area contributed by atoms with Crippen molar-refractivity contribution in [3.05, 3.63) is 0 Å². The zero-order valence-electron chi connectivity index (χ0n) is 25.3. The van der Waals surface area contributed by atoms with Crippen LogP contribution in [-0.2, 0) is 14.4 Å². The molecular weight excluding hydrogens is 476 g/mol. The molecule has 0 spiro atoms. The molecule has 1 unspecified atom stereocenters. The van der Waals surface area contributed by atoms with Crippen LogP contribution >= 0.6 is 0 Å². The van der Waals surface area contributed by atoms with Gasteiger partial charge < -0.3 is 15.7 Å². The van der Waals surface area contributed by atoms with Crippen LogP contribution in [0.1, 0.15) is 168 Å². The molecule has 0 saturated heterocycles. The van der Waals surface area contributed by atoms with E-state index in [0.29, 0.717) is 13.0 Å². The highest BCUT2D eigenvalue weighted by Crippen LogP contribution is 2.14. The molecule has 1 atom stereocenters. The maximum absolute atomic E-state index is 12.2. The number of carboxylic acid groups (broad SMARTS) is 1. The molecule has 0 aromatic carbocycles. The van der Waals surface area contributed by atoms with Crippen molar-refractivity contribution in [2.24, 2.45) is 5.92 Å². The number of unbranched alkanes of at least 4 members (excludes halogenated alkanes) is 17. The van der Waals surface area contributed by atoms with Crippen LogP contribution in [0.5, 0.6) is 0 Å². The minimum absolute atomic E-state index is 0.115. The molecule has 0 aromatic rings. The minimum atomic E-state index is -1.08. The molecule has 0 rings (SSSR count). The van der Waals surface area contributed by atoms with E-state index >= 15 is 0 Å². The van der Waals surface area contributed by atoms with Gasteiger partial charge in [-0.05, 0) is 25.2 Å². The zero-order chi connectivity index (χ0) is 28.3. The predicted molar refractivity (Wildman–Crippen MR) is 159 cm³/mol. The molecule has 0 fully saturated rings. The highest BCUT2D eigenvalue weighted by Gasteiger charge is 2.20. The lowest BCUT2D eigenvalue weighted by Crippen LogP contribution is -2.41. The van der Waals surface area contributed by atoms with E-state index in [1.54, 1.807) is 0 Å². The quantitative estimate of drug-likeness (QED) is 0.0873. The summed E-state index contributed by atoms with van der Waals surface area (Å²) in [7, 11) is 0. The lowest BCUT2D eigenvalue weighted by atomic mass is 10.0. The van der Waals surface area contributed by atoms with Gasteiger partial charge in [0.25, 0.3) is 0 Å². The van der Waals surface area contributed by atoms with Gasteiger partial charge in [0, 0.05) is 19.4 Å². The van der Waals surface area contributed by atoms with Crippen LogP contribution in [0, 0.1) is 5.92 Å². The van der Waals surface area contributed by atoms with E-state index in [0.717, 1.165) is 38.0 Å². The highest BCUT2D eigenvalue weighted by atomic mass is 16.4. The molecule has 38 heavy (non-hydrogen) atoms. The Kier molecular flexibility index (Phi) is 25.9. The Morgan fingerprint density at radius 2 is 1.05 bits per heavy atom. The third-order valence-corrected chi connectivity index (χ3v) is 7.33. The van der Waals surface area contributed by atoms with Crippen molar-refractivity contribution in [1.82, 2.24) is 10.6 Å². The summed E-state index contributed by atoms with van der Waals surface area (Å²) in [5.74, 6) is -0.710. The minimum Gasteiger partial charge on any atom is -0.480 e. The van der Waals surface area contributed by atoms with Crippen LogP contribution in [-0.4, -0.2) is 35.5 Å². The number of nitrogens with one attached hydrogen (secondary N) is 2. The van der Waals surface area contributed by atoms with E-state index in [4.69, 9.17) is 0 Å². The lowest BCUT2D eigenvalue weighted by Gasteiger charge is -2.14. The maximum atomic E-state index is 12.2. The molecule has 3 N–H and O–H groups in total. The Bertz CT molecular complexity index is 580. The first-order valence-corrected chi connectivity index (χ1v) is 16.2. The number of hydrogen-bond donors (Lipinski definition) is 3. The largest absolute Gasteiger partial charge is 0.480 e. The Morgan fingerprint density at radius 3 is 1.55 bits per heavy atom. The third kappa shape index (κ3) is 26.0. The van der Waals surface area contributed by atoms with Gasteiger partial charge in [-0.3, -0.25) is 9.59 Å². The standard InChI is InChI=1S/C32H62N2O4/c1-4-5-6-7-8-9-10-11-12-13-14-15-16-17-21-24-31(36)34-29(32(37)38)25-26-30(35)33-27-22-19-18-20-23-28(2)3/h28-29H,4-27H2,1-3H3,(H,33,35)(H,34,36)(H,37,38). The van der Waals surface area contributed by atoms with E-state index < -0.39 is 12.0 Å². The van der Waals surface area contributed by atoms with E-state index in [1.807, 2.05) is 0 Å². The number of hydrogen-bond acceptors (Lipinski definition) is 3. The fourth-order valence-electron chi connectivity index (χ4n) is 4.80. The summed E-state index contributed by atoms with van der Waals surface area (Å²) in [6, 6.07) is -0.999. The van der Waals surface area contributed by atoms with E-state index in [9.17, 15) is 19.5 Å². The molecule has 0 bridgehead atoms.